The third-order valence-electron chi connectivity index (χ3n) is 5.08. The first kappa shape index (κ1) is 15.0. The standard InChI is InChI=1S/C25H19N/c1-2-10-19(11-3-1)18-26-24-16-8-6-14-22(24)20-12-4-5-13-21(20)23-15-7-9-17-25(23)26/h1-17H,18H2. The van der Waals surface area contributed by atoms with Crippen molar-refractivity contribution in [2.45, 2.75) is 6.54 Å². The summed E-state index contributed by atoms with van der Waals surface area (Å²) in [4.78, 5) is 2.44. The van der Waals surface area contributed by atoms with Gasteiger partial charge < -0.3 is 4.90 Å². The largest absolute Gasteiger partial charge is 0.336 e. The van der Waals surface area contributed by atoms with Crippen LogP contribution in [0.15, 0.2) is 103 Å². The van der Waals surface area contributed by atoms with Gasteiger partial charge in [0.1, 0.15) is 0 Å². The summed E-state index contributed by atoms with van der Waals surface area (Å²) in [5.74, 6) is 0. The van der Waals surface area contributed by atoms with Gasteiger partial charge in [-0.25, -0.2) is 0 Å². The number of fused-ring (bicyclic) bond motifs is 5. The third kappa shape index (κ3) is 2.41. The van der Waals surface area contributed by atoms with Crippen LogP contribution in [0.4, 0.5) is 11.4 Å². The SMILES string of the molecule is c1ccc(CN2c3ccccc3-c3ccccc3-c3ccccc32)cc1. The lowest BCUT2D eigenvalue weighted by Gasteiger charge is -2.27. The van der Waals surface area contributed by atoms with E-state index in [9.17, 15) is 0 Å². The molecule has 26 heavy (non-hydrogen) atoms. The first-order valence-electron chi connectivity index (χ1n) is 9.01. The van der Waals surface area contributed by atoms with Crippen LogP contribution in [0.2, 0.25) is 0 Å². The van der Waals surface area contributed by atoms with Crippen LogP contribution in [0.5, 0.6) is 0 Å². The summed E-state index contributed by atoms with van der Waals surface area (Å²) in [7, 11) is 0. The Balaban J connectivity index is 1.80. The summed E-state index contributed by atoms with van der Waals surface area (Å²) in [5, 5.41) is 0. The van der Waals surface area contributed by atoms with Crippen molar-refractivity contribution in [3.8, 4) is 22.3 Å². The number of anilines is 2. The van der Waals surface area contributed by atoms with Crippen molar-refractivity contribution >= 4 is 11.4 Å². The van der Waals surface area contributed by atoms with Gasteiger partial charge >= 0.3 is 0 Å². The highest BCUT2D eigenvalue weighted by molar-refractivity contribution is 5.99. The molecule has 1 heteroatoms. The molecule has 0 amide bonds. The molecule has 0 saturated carbocycles. The average Bonchev–Trinajstić information content (AvgIpc) is 2.83. The third-order valence-corrected chi connectivity index (χ3v) is 5.08. The monoisotopic (exact) mass is 333 g/mol. The Labute approximate surface area is 154 Å². The highest BCUT2D eigenvalue weighted by Crippen LogP contribution is 2.47. The fourth-order valence-corrected chi connectivity index (χ4v) is 3.89. The molecule has 0 radical (unpaired) electrons. The minimum absolute atomic E-state index is 0.850. The van der Waals surface area contributed by atoms with Gasteiger partial charge in [-0.05, 0) is 28.8 Å². The topological polar surface area (TPSA) is 3.24 Å². The maximum atomic E-state index is 2.44. The van der Waals surface area contributed by atoms with Crippen molar-refractivity contribution in [1.29, 1.82) is 0 Å². The van der Waals surface area contributed by atoms with E-state index >= 15 is 0 Å². The number of rotatable bonds is 2. The zero-order valence-electron chi connectivity index (χ0n) is 14.5. The van der Waals surface area contributed by atoms with Crippen LogP contribution in [0.3, 0.4) is 0 Å². The second-order valence-corrected chi connectivity index (χ2v) is 6.65. The van der Waals surface area contributed by atoms with E-state index in [1.54, 1.807) is 0 Å². The summed E-state index contributed by atoms with van der Waals surface area (Å²) in [6.07, 6.45) is 0. The Morgan fingerprint density at radius 3 is 1.38 bits per heavy atom. The lowest BCUT2D eigenvalue weighted by atomic mass is 9.95. The molecule has 0 aromatic heterocycles. The Kier molecular flexibility index (Phi) is 3.57. The van der Waals surface area contributed by atoms with Crippen molar-refractivity contribution in [3.63, 3.8) is 0 Å². The van der Waals surface area contributed by atoms with Gasteiger partial charge in [0, 0.05) is 29.0 Å². The second-order valence-electron chi connectivity index (χ2n) is 6.65. The average molecular weight is 333 g/mol. The zero-order valence-corrected chi connectivity index (χ0v) is 14.5. The molecule has 0 spiro atoms. The number of benzene rings is 4. The van der Waals surface area contributed by atoms with Crippen LogP contribution >= 0.6 is 0 Å². The van der Waals surface area contributed by atoms with Crippen molar-refractivity contribution in [3.05, 3.63) is 109 Å². The van der Waals surface area contributed by atoms with Gasteiger partial charge in [-0.2, -0.15) is 0 Å². The number of hydrogen-bond donors (Lipinski definition) is 0. The normalized spacial score (nSPS) is 11.9. The Morgan fingerprint density at radius 1 is 0.423 bits per heavy atom. The lowest BCUT2D eigenvalue weighted by molar-refractivity contribution is 0.980. The van der Waals surface area contributed by atoms with E-state index < -0.39 is 0 Å². The van der Waals surface area contributed by atoms with Gasteiger partial charge in [0.25, 0.3) is 0 Å². The van der Waals surface area contributed by atoms with E-state index in [1.165, 1.54) is 39.2 Å². The van der Waals surface area contributed by atoms with Crippen LogP contribution in [-0.2, 0) is 6.54 Å². The van der Waals surface area contributed by atoms with Crippen molar-refractivity contribution in [2.75, 3.05) is 4.90 Å². The predicted octanol–water partition coefficient (Wildman–Crippen LogP) is 6.67. The maximum absolute atomic E-state index is 2.44. The molecule has 1 aliphatic heterocycles. The van der Waals surface area contributed by atoms with Crippen LogP contribution in [0.25, 0.3) is 22.3 Å². The number of hydrogen-bond acceptors (Lipinski definition) is 1. The van der Waals surface area contributed by atoms with E-state index in [0.29, 0.717) is 0 Å². The Hall–Kier alpha value is -3.32. The van der Waals surface area contributed by atoms with Crippen LogP contribution in [-0.4, -0.2) is 0 Å². The van der Waals surface area contributed by atoms with Crippen LogP contribution in [0.1, 0.15) is 5.56 Å². The smallest absolute Gasteiger partial charge is 0.0493 e. The number of para-hydroxylation sites is 2. The molecule has 0 fully saturated rings. The molecule has 5 rings (SSSR count). The van der Waals surface area contributed by atoms with Gasteiger partial charge in [-0.15, -0.1) is 0 Å². The minimum atomic E-state index is 0.850. The summed E-state index contributed by atoms with van der Waals surface area (Å²) in [6, 6.07) is 36.9. The predicted molar refractivity (Wildman–Crippen MR) is 110 cm³/mol. The summed E-state index contributed by atoms with van der Waals surface area (Å²) in [6.45, 7) is 0.850. The molecule has 0 aliphatic carbocycles. The highest BCUT2D eigenvalue weighted by atomic mass is 15.1. The Morgan fingerprint density at radius 2 is 0.846 bits per heavy atom. The first-order valence-corrected chi connectivity index (χ1v) is 9.01. The van der Waals surface area contributed by atoms with Gasteiger partial charge in [0.15, 0.2) is 0 Å². The lowest BCUT2D eigenvalue weighted by Crippen LogP contribution is -2.17. The first-order chi connectivity index (χ1) is 12.9. The van der Waals surface area contributed by atoms with E-state index in [-0.39, 0.29) is 0 Å². The molecule has 1 nitrogen and oxygen atoms in total. The van der Waals surface area contributed by atoms with Crippen molar-refractivity contribution in [1.82, 2.24) is 0 Å². The molecule has 1 heterocycles. The van der Waals surface area contributed by atoms with E-state index in [0.717, 1.165) is 6.54 Å². The molecule has 124 valence electrons. The molecule has 4 aromatic rings. The van der Waals surface area contributed by atoms with Crippen molar-refractivity contribution < 1.29 is 0 Å². The molecule has 0 atom stereocenters. The molecule has 0 saturated heterocycles. The van der Waals surface area contributed by atoms with Crippen molar-refractivity contribution in [2.24, 2.45) is 0 Å². The molecular formula is C25H19N. The van der Waals surface area contributed by atoms with Crippen LogP contribution < -0.4 is 4.90 Å². The maximum Gasteiger partial charge on any atom is 0.0493 e. The molecule has 0 bridgehead atoms. The Bertz CT molecular complexity index is 1000. The van der Waals surface area contributed by atoms with E-state index in [4.69, 9.17) is 0 Å². The number of nitrogens with zero attached hydrogens (tertiary/aromatic N) is 1. The molecule has 4 aromatic carbocycles. The molecule has 0 N–H and O–H groups in total. The molecular weight excluding hydrogens is 314 g/mol. The molecule has 0 unspecified atom stereocenters. The van der Waals surface area contributed by atoms with Crippen LogP contribution in [0, 0.1) is 0 Å². The van der Waals surface area contributed by atoms with E-state index in [1.807, 2.05) is 0 Å². The summed E-state index contributed by atoms with van der Waals surface area (Å²) < 4.78 is 0. The highest BCUT2D eigenvalue weighted by Gasteiger charge is 2.23. The van der Waals surface area contributed by atoms with Gasteiger partial charge in [-0.1, -0.05) is 91.0 Å². The fraction of sp³-hybridized carbons (Fsp3) is 0.0400. The molecule has 1 aliphatic rings. The summed E-state index contributed by atoms with van der Waals surface area (Å²) in [5.41, 5.74) is 8.99. The fourth-order valence-electron chi connectivity index (χ4n) is 3.89. The zero-order chi connectivity index (χ0) is 17.3. The second kappa shape index (κ2) is 6.20. The van der Waals surface area contributed by atoms with E-state index in [2.05, 4.69) is 108 Å². The summed E-state index contributed by atoms with van der Waals surface area (Å²) >= 11 is 0. The van der Waals surface area contributed by atoms with Gasteiger partial charge in [0.2, 0.25) is 0 Å². The minimum Gasteiger partial charge on any atom is -0.336 e. The quantitative estimate of drug-likeness (QED) is 0.396. The van der Waals surface area contributed by atoms with Gasteiger partial charge in [0.05, 0.1) is 0 Å². The van der Waals surface area contributed by atoms with Gasteiger partial charge in [-0.3, -0.25) is 0 Å².